The Labute approximate surface area is 174 Å². The van der Waals surface area contributed by atoms with Gasteiger partial charge in [-0.05, 0) is 54.1 Å². The highest BCUT2D eigenvalue weighted by Gasteiger charge is 2.34. The number of nitrogens with zero attached hydrogens (tertiary/aromatic N) is 1. The van der Waals surface area contributed by atoms with E-state index in [1.54, 1.807) is 31.3 Å². The Balaban J connectivity index is 1.84. The highest BCUT2D eigenvalue weighted by Crippen LogP contribution is 2.38. The van der Waals surface area contributed by atoms with Gasteiger partial charge in [-0.3, -0.25) is 9.69 Å². The third-order valence-electron chi connectivity index (χ3n) is 4.95. The van der Waals surface area contributed by atoms with Crippen molar-refractivity contribution in [2.75, 3.05) is 24.4 Å². The lowest BCUT2D eigenvalue weighted by molar-refractivity contribution is 0.0975. The second-order valence-corrected chi connectivity index (χ2v) is 7.18. The highest BCUT2D eigenvalue weighted by atomic mass is 35.5. The first-order chi connectivity index (χ1) is 14.1. The molecule has 1 amide bonds. The van der Waals surface area contributed by atoms with Crippen molar-refractivity contribution in [1.29, 1.82) is 0 Å². The van der Waals surface area contributed by atoms with Crippen molar-refractivity contribution in [3.63, 3.8) is 0 Å². The molecule has 1 heterocycles. The third-order valence-corrected chi connectivity index (χ3v) is 5.20. The standard InChI is InChI=1S/C23H21ClN2O3/c1-28-14-16-13-15(7-12-21(16)29-2)22-25-20-6-4-3-5-19(20)23(27)26(22)18-10-8-17(24)9-11-18/h3-13,22,25H,14H2,1-2H3. The van der Waals surface area contributed by atoms with Gasteiger partial charge < -0.3 is 14.8 Å². The second-order valence-electron chi connectivity index (χ2n) is 6.75. The van der Waals surface area contributed by atoms with Crippen LogP contribution >= 0.6 is 11.6 Å². The molecule has 6 heteroatoms. The first kappa shape index (κ1) is 19.3. The summed E-state index contributed by atoms with van der Waals surface area (Å²) in [6.07, 6.45) is -0.389. The Hall–Kier alpha value is -3.02. The van der Waals surface area contributed by atoms with E-state index >= 15 is 0 Å². The van der Waals surface area contributed by atoms with Crippen molar-refractivity contribution in [1.82, 2.24) is 0 Å². The maximum atomic E-state index is 13.4. The molecule has 0 aromatic heterocycles. The number of hydrogen-bond acceptors (Lipinski definition) is 4. The monoisotopic (exact) mass is 408 g/mol. The van der Waals surface area contributed by atoms with Crippen LogP contribution in [0.2, 0.25) is 5.02 Å². The van der Waals surface area contributed by atoms with Crippen molar-refractivity contribution >= 4 is 28.9 Å². The molecule has 1 atom stereocenters. The third kappa shape index (κ3) is 3.67. The van der Waals surface area contributed by atoms with Gasteiger partial charge in [0.05, 0.1) is 19.3 Å². The minimum Gasteiger partial charge on any atom is -0.496 e. The zero-order chi connectivity index (χ0) is 20.4. The van der Waals surface area contributed by atoms with Gasteiger partial charge in [0.1, 0.15) is 11.9 Å². The lowest BCUT2D eigenvalue weighted by Crippen LogP contribution is -2.43. The molecule has 148 valence electrons. The first-order valence-electron chi connectivity index (χ1n) is 9.23. The van der Waals surface area contributed by atoms with E-state index in [0.717, 1.165) is 28.3 Å². The van der Waals surface area contributed by atoms with Crippen molar-refractivity contribution in [3.05, 3.63) is 88.4 Å². The number of amides is 1. The number of halogens is 1. The zero-order valence-corrected chi connectivity index (χ0v) is 16.9. The molecule has 1 aliphatic rings. The first-order valence-corrected chi connectivity index (χ1v) is 9.60. The maximum absolute atomic E-state index is 13.4. The number of anilines is 2. The fraction of sp³-hybridized carbons (Fsp3) is 0.174. The molecule has 0 bridgehead atoms. The van der Waals surface area contributed by atoms with Crippen LogP contribution in [0.4, 0.5) is 11.4 Å². The molecular weight excluding hydrogens is 388 g/mol. The molecule has 1 unspecified atom stereocenters. The van der Waals surface area contributed by atoms with Crippen molar-refractivity contribution in [3.8, 4) is 5.75 Å². The number of ether oxygens (including phenoxy) is 2. The molecule has 0 radical (unpaired) electrons. The van der Waals surface area contributed by atoms with Gasteiger partial charge in [-0.15, -0.1) is 0 Å². The van der Waals surface area contributed by atoms with Crippen LogP contribution in [0.25, 0.3) is 0 Å². The molecule has 0 aliphatic carbocycles. The molecule has 0 saturated carbocycles. The Morgan fingerprint density at radius 3 is 2.52 bits per heavy atom. The number of benzene rings is 3. The van der Waals surface area contributed by atoms with Gasteiger partial charge >= 0.3 is 0 Å². The average molecular weight is 409 g/mol. The van der Waals surface area contributed by atoms with E-state index in [9.17, 15) is 4.79 Å². The van der Waals surface area contributed by atoms with Crippen LogP contribution in [0.3, 0.4) is 0 Å². The average Bonchev–Trinajstić information content (AvgIpc) is 2.75. The quantitative estimate of drug-likeness (QED) is 0.625. The van der Waals surface area contributed by atoms with Crippen LogP contribution in [0.1, 0.15) is 27.7 Å². The van der Waals surface area contributed by atoms with E-state index in [1.807, 2.05) is 54.6 Å². The summed E-state index contributed by atoms with van der Waals surface area (Å²) >= 11 is 6.06. The molecule has 29 heavy (non-hydrogen) atoms. The Bertz CT molecular complexity index is 1040. The minimum absolute atomic E-state index is 0.0733. The molecule has 0 fully saturated rings. The molecule has 0 spiro atoms. The van der Waals surface area contributed by atoms with Gasteiger partial charge in [-0.2, -0.15) is 0 Å². The van der Waals surface area contributed by atoms with Crippen molar-refractivity contribution in [2.45, 2.75) is 12.8 Å². The number of rotatable bonds is 5. The molecule has 0 saturated heterocycles. The minimum atomic E-state index is -0.389. The van der Waals surface area contributed by atoms with E-state index < -0.39 is 0 Å². The van der Waals surface area contributed by atoms with E-state index in [-0.39, 0.29) is 12.1 Å². The topological polar surface area (TPSA) is 50.8 Å². The molecule has 3 aromatic carbocycles. The fourth-order valence-corrected chi connectivity index (χ4v) is 3.72. The fourth-order valence-electron chi connectivity index (χ4n) is 3.59. The summed E-state index contributed by atoms with van der Waals surface area (Å²) in [4.78, 5) is 15.2. The number of fused-ring (bicyclic) bond motifs is 1. The van der Waals surface area contributed by atoms with Crippen LogP contribution < -0.4 is 15.0 Å². The zero-order valence-electron chi connectivity index (χ0n) is 16.2. The summed E-state index contributed by atoms with van der Waals surface area (Å²) in [7, 11) is 3.28. The molecule has 1 aliphatic heterocycles. The SMILES string of the molecule is COCc1cc(C2Nc3ccccc3C(=O)N2c2ccc(Cl)cc2)ccc1OC. The Morgan fingerprint density at radius 1 is 1.03 bits per heavy atom. The normalized spacial score (nSPS) is 15.6. The van der Waals surface area contributed by atoms with E-state index in [4.69, 9.17) is 21.1 Å². The molecule has 5 nitrogen and oxygen atoms in total. The summed E-state index contributed by atoms with van der Waals surface area (Å²) in [6.45, 7) is 0.412. The van der Waals surface area contributed by atoms with Gasteiger partial charge in [0, 0.05) is 29.1 Å². The smallest absolute Gasteiger partial charge is 0.262 e. The van der Waals surface area contributed by atoms with Gasteiger partial charge in [-0.1, -0.05) is 29.8 Å². The van der Waals surface area contributed by atoms with Gasteiger partial charge in [-0.25, -0.2) is 0 Å². The number of carbonyl (C=O) groups excluding carboxylic acids is 1. The Kier molecular flexibility index (Phi) is 5.43. The second kappa shape index (κ2) is 8.15. The van der Waals surface area contributed by atoms with Crippen LogP contribution in [-0.2, 0) is 11.3 Å². The molecule has 1 N–H and O–H groups in total. The van der Waals surface area contributed by atoms with Crippen LogP contribution in [-0.4, -0.2) is 20.1 Å². The highest BCUT2D eigenvalue weighted by molar-refractivity contribution is 6.30. The van der Waals surface area contributed by atoms with Crippen molar-refractivity contribution in [2.24, 2.45) is 0 Å². The van der Waals surface area contributed by atoms with E-state index in [0.29, 0.717) is 17.2 Å². The summed E-state index contributed by atoms with van der Waals surface area (Å²) in [6, 6.07) is 20.7. The lowest BCUT2D eigenvalue weighted by Gasteiger charge is -2.38. The Morgan fingerprint density at radius 2 is 1.79 bits per heavy atom. The van der Waals surface area contributed by atoms with E-state index in [1.165, 1.54) is 0 Å². The summed E-state index contributed by atoms with van der Waals surface area (Å²) in [5.74, 6) is 0.673. The van der Waals surface area contributed by atoms with E-state index in [2.05, 4.69) is 5.32 Å². The maximum Gasteiger partial charge on any atom is 0.262 e. The number of hydrogen-bond donors (Lipinski definition) is 1. The van der Waals surface area contributed by atoms with Crippen LogP contribution in [0, 0.1) is 0 Å². The van der Waals surface area contributed by atoms with Crippen LogP contribution in [0.15, 0.2) is 66.7 Å². The number of para-hydroxylation sites is 1. The summed E-state index contributed by atoms with van der Waals surface area (Å²) < 4.78 is 10.8. The molecule has 4 rings (SSSR count). The van der Waals surface area contributed by atoms with Gasteiger partial charge in [0.2, 0.25) is 0 Å². The molecule has 3 aromatic rings. The number of methoxy groups -OCH3 is 2. The number of carbonyl (C=O) groups is 1. The van der Waals surface area contributed by atoms with Crippen LogP contribution in [0.5, 0.6) is 5.75 Å². The van der Waals surface area contributed by atoms with Gasteiger partial charge in [0.15, 0.2) is 0 Å². The van der Waals surface area contributed by atoms with Crippen molar-refractivity contribution < 1.29 is 14.3 Å². The van der Waals surface area contributed by atoms with Gasteiger partial charge in [0.25, 0.3) is 5.91 Å². The molecular formula is C23H21ClN2O3. The summed E-state index contributed by atoms with van der Waals surface area (Å²) in [5.41, 5.74) is 4.03. The predicted octanol–water partition coefficient (Wildman–Crippen LogP) is 5.27. The predicted molar refractivity (Wildman–Crippen MR) is 115 cm³/mol. The summed E-state index contributed by atoms with van der Waals surface area (Å²) in [5, 5.41) is 4.12. The largest absolute Gasteiger partial charge is 0.496 e. The number of nitrogens with one attached hydrogen (secondary N) is 1. The lowest BCUT2D eigenvalue weighted by atomic mass is 10.0.